The predicted octanol–water partition coefficient (Wildman–Crippen LogP) is 4.13. The van der Waals surface area contributed by atoms with E-state index in [2.05, 4.69) is 4.98 Å². The lowest BCUT2D eigenvalue weighted by Gasteiger charge is -2.32. The first-order chi connectivity index (χ1) is 12.0. The summed E-state index contributed by atoms with van der Waals surface area (Å²) in [6.07, 6.45) is 2.25. The fraction of sp³-hybridized carbons (Fsp3) is 0.353. The van der Waals surface area contributed by atoms with Gasteiger partial charge >= 0.3 is 5.97 Å². The van der Waals surface area contributed by atoms with E-state index in [1.165, 1.54) is 16.2 Å². The molecule has 0 spiro atoms. The van der Waals surface area contributed by atoms with Crippen LogP contribution in [0.1, 0.15) is 25.0 Å². The van der Waals surface area contributed by atoms with Gasteiger partial charge in [0.1, 0.15) is 11.0 Å². The molecule has 1 amide bonds. The Morgan fingerprint density at radius 2 is 2.12 bits per heavy atom. The summed E-state index contributed by atoms with van der Waals surface area (Å²) in [6, 6.07) is 4.45. The molecule has 2 heterocycles. The van der Waals surface area contributed by atoms with Gasteiger partial charge in [-0.15, -0.1) is 11.3 Å². The number of thiazole rings is 1. The molecule has 3 rings (SSSR count). The van der Waals surface area contributed by atoms with E-state index in [9.17, 15) is 14.7 Å². The number of likely N-dealkylation sites (tertiary alicyclic amines) is 1. The fourth-order valence-electron chi connectivity index (χ4n) is 2.92. The van der Waals surface area contributed by atoms with E-state index in [-0.39, 0.29) is 12.3 Å². The van der Waals surface area contributed by atoms with Crippen LogP contribution in [0.15, 0.2) is 23.6 Å². The first-order valence-corrected chi connectivity index (χ1v) is 9.51. The highest BCUT2D eigenvalue weighted by atomic mass is 35.5. The van der Waals surface area contributed by atoms with E-state index < -0.39 is 12.0 Å². The first-order valence-electron chi connectivity index (χ1n) is 7.88. The molecular formula is C17H16Cl2N2O3S. The summed E-state index contributed by atoms with van der Waals surface area (Å²) >= 11 is 13.5. The highest BCUT2D eigenvalue weighted by molar-refractivity contribution is 7.13. The number of carbonyl (C=O) groups is 2. The van der Waals surface area contributed by atoms with E-state index >= 15 is 0 Å². The highest BCUT2D eigenvalue weighted by Crippen LogP contribution is 2.32. The summed E-state index contributed by atoms with van der Waals surface area (Å²) in [4.78, 5) is 29.8. The zero-order valence-corrected chi connectivity index (χ0v) is 15.6. The summed E-state index contributed by atoms with van der Waals surface area (Å²) < 4.78 is 0. The van der Waals surface area contributed by atoms with Gasteiger partial charge in [-0.25, -0.2) is 9.78 Å². The Kier molecular flexibility index (Phi) is 5.61. The predicted molar refractivity (Wildman–Crippen MR) is 98.3 cm³/mol. The van der Waals surface area contributed by atoms with Crippen LogP contribution in [0, 0.1) is 0 Å². The van der Waals surface area contributed by atoms with Crippen LogP contribution in [-0.2, 0) is 16.0 Å². The lowest BCUT2D eigenvalue weighted by atomic mass is 10.0. The number of piperidine rings is 1. The Labute approximate surface area is 159 Å². The maximum absolute atomic E-state index is 12.5. The van der Waals surface area contributed by atoms with Crippen LogP contribution in [0.3, 0.4) is 0 Å². The Hall–Kier alpha value is -1.63. The number of aromatic nitrogens is 1. The zero-order chi connectivity index (χ0) is 18.0. The monoisotopic (exact) mass is 398 g/mol. The molecule has 0 saturated carbocycles. The van der Waals surface area contributed by atoms with Crippen molar-refractivity contribution >= 4 is 46.4 Å². The van der Waals surface area contributed by atoms with Crippen molar-refractivity contribution in [2.75, 3.05) is 6.54 Å². The third-order valence-electron chi connectivity index (χ3n) is 4.15. The zero-order valence-electron chi connectivity index (χ0n) is 13.2. The minimum Gasteiger partial charge on any atom is -0.480 e. The molecule has 0 aliphatic carbocycles. The summed E-state index contributed by atoms with van der Waals surface area (Å²) in [5, 5.41) is 12.9. The molecule has 132 valence electrons. The van der Waals surface area contributed by atoms with Gasteiger partial charge in [0.05, 0.1) is 17.1 Å². The van der Waals surface area contributed by atoms with E-state index in [4.69, 9.17) is 23.2 Å². The molecule has 1 aromatic carbocycles. The molecule has 1 aromatic heterocycles. The van der Waals surface area contributed by atoms with Crippen molar-refractivity contribution in [1.29, 1.82) is 0 Å². The Balaban J connectivity index is 1.74. The summed E-state index contributed by atoms with van der Waals surface area (Å²) in [6.45, 7) is 0.482. The van der Waals surface area contributed by atoms with Crippen molar-refractivity contribution < 1.29 is 14.7 Å². The largest absolute Gasteiger partial charge is 0.480 e. The van der Waals surface area contributed by atoms with E-state index in [1.54, 1.807) is 23.6 Å². The van der Waals surface area contributed by atoms with Crippen molar-refractivity contribution in [2.45, 2.75) is 31.7 Å². The van der Waals surface area contributed by atoms with Gasteiger partial charge in [0, 0.05) is 22.5 Å². The number of halogens is 2. The van der Waals surface area contributed by atoms with E-state index in [0.29, 0.717) is 33.7 Å². The van der Waals surface area contributed by atoms with Gasteiger partial charge in [0.25, 0.3) is 0 Å². The van der Waals surface area contributed by atoms with Gasteiger partial charge in [0.2, 0.25) is 5.91 Å². The molecule has 1 aliphatic heterocycles. The molecule has 1 fully saturated rings. The molecule has 1 N–H and O–H groups in total. The number of carboxylic acid groups (broad SMARTS) is 1. The SMILES string of the molecule is O=C(O)[C@@H]1CCCCN1C(=O)Cc1csc(-c2ccc(Cl)cc2Cl)n1. The standard InChI is InChI=1S/C17H16Cl2N2O3S/c18-10-4-5-12(13(19)7-10)16-20-11(9-25-16)8-15(22)21-6-2-1-3-14(21)17(23)24/h4-5,7,9,14H,1-3,6,8H2,(H,23,24)/t14-/m0/s1. The van der Waals surface area contributed by atoms with Crippen LogP contribution in [0.5, 0.6) is 0 Å². The number of hydrogen-bond acceptors (Lipinski definition) is 4. The number of carbonyl (C=O) groups excluding carboxylic acids is 1. The number of nitrogens with zero attached hydrogens (tertiary/aromatic N) is 2. The third-order valence-corrected chi connectivity index (χ3v) is 5.63. The minimum absolute atomic E-state index is 0.0888. The lowest BCUT2D eigenvalue weighted by molar-refractivity contribution is -0.151. The number of benzene rings is 1. The Morgan fingerprint density at radius 3 is 2.84 bits per heavy atom. The molecule has 1 aliphatic rings. The average Bonchev–Trinajstić information content (AvgIpc) is 3.02. The highest BCUT2D eigenvalue weighted by Gasteiger charge is 2.32. The van der Waals surface area contributed by atoms with Gasteiger partial charge < -0.3 is 10.0 Å². The quantitative estimate of drug-likeness (QED) is 0.840. The average molecular weight is 399 g/mol. The molecule has 1 saturated heterocycles. The van der Waals surface area contributed by atoms with Gasteiger partial charge in [-0.2, -0.15) is 0 Å². The maximum Gasteiger partial charge on any atom is 0.326 e. The van der Waals surface area contributed by atoms with Crippen molar-refractivity contribution in [2.24, 2.45) is 0 Å². The van der Waals surface area contributed by atoms with Crippen molar-refractivity contribution in [3.8, 4) is 10.6 Å². The van der Waals surface area contributed by atoms with E-state index in [1.807, 2.05) is 0 Å². The molecule has 8 heteroatoms. The molecule has 25 heavy (non-hydrogen) atoms. The number of amides is 1. The summed E-state index contributed by atoms with van der Waals surface area (Å²) in [5.74, 6) is -1.15. The Morgan fingerprint density at radius 1 is 1.32 bits per heavy atom. The van der Waals surface area contributed by atoms with Gasteiger partial charge in [-0.1, -0.05) is 23.2 Å². The van der Waals surface area contributed by atoms with Gasteiger partial charge in [-0.3, -0.25) is 4.79 Å². The molecule has 0 bridgehead atoms. The topological polar surface area (TPSA) is 70.5 Å². The number of hydrogen-bond donors (Lipinski definition) is 1. The summed E-state index contributed by atoms with van der Waals surface area (Å²) in [7, 11) is 0. The normalized spacial score (nSPS) is 17.5. The molecule has 5 nitrogen and oxygen atoms in total. The number of carboxylic acids is 1. The second-order valence-electron chi connectivity index (χ2n) is 5.88. The first kappa shape index (κ1) is 18.2. The van der Waals surface area contributed by atoms with Crippen molar-refractivity contribution in [3.05, 3.63) is 39.3 Å². The second kappa shape index (κ2) is 7.72. The van der Waals surface area contributed by atoms with Crippen LogP contribution in [-0.4, -0.2) is 39.5 Å². The molecule has 2 aromatic rings. The maximum atomic E-state index is 12.5. The Bertz CT molecular complexity index is 809. The van der Waals surface area contributed by atoms with Crippen molar-refractivity contribution in [3.63, 3.8) is 0 Å². The lowest BCUT2D eigenvalue weighted by Crippen LogP contribution is -2.48. The van der Waals surface area contributed by atoms with Crippen LogP contribution in [0.2, 0.25) is 10.0 Å². The second-order valence-corrected chi connectivity index (χ2v) is 7.58. The van der Waals surface area contributed by atoms with Crippen LogP contribution in [0.4, 0.5) is 0 Å². The molecule has 0 radical (unpaired) electrons. The van der Waals surface area contributed by atoms with Crippen molar-refractivity contribution in [1.82, 2.24) is 9.88 Å². The molecule has 1 atom stereocenters. The summed E-state index contributed by atoms with van der Waals surface area (Å²) in [5.41, 5.74) is 1.38. The van der Waals surface area contributed by atoms with E-state index in [0.717, 1.165) is 18.4 Å². The third kappa shape index (κ3) is 4.14. The van der Waals surface area contributed by atoms with Crippen LogP contribution >= 0.6 is 34.5 Å². The van der Waals surface area contributed by atoms with Crippen LogP contribution < -0.4 is 0 Å². The number of aliphatic carboxylic acids is 1. The van der Waals surface area contributed by atoms with Gasteiger partial charge in [0.15, 0.2) is 0 Å². The fourth-order valence-corrected chi connectivity index (χ4v) is 4.33. The number of rotatable bonds is 4. The van der Waals surface area contributed by atoms with Crippen LogP contribution in [0.25, 0.3) is 10.6 Å². The van der Waals surface area contributed by atoms with Gasteiger partial charge in [-0.05, 0) is 37.5 Å². The minimum atomic E-state index is -0.944. The smallest absolute Gasteiger partial charge is 0.326 e. The molecular weight excluding hydrogens is 383 g/mol. The molecule has 0 unspecified atom stereocenters.